The monoisotopic (exact) mass is 446 g/mol. The molecule has 2 heterocycles. The molecule has 1 saturated carbocycles. The lowest BCUT2D eigenvalue weighted by Crippen LogP contribution is -2.49. The normalized spacial score (nSPS) is 15.6. The summed E-state index contributed by atoms with van der Waals surface area (Å²) in [5.74, 6) is 0.532. The van der Waals surface area contributed by atoms with E-state index in [0.717, 1.165) is 24.2 Å². The summed E-state index contributed by atoms with van der Waals surface area (Å²) in [6, 6.07) is 12.8. The number of anilines is 4. The third-order valence-corrected chi connectivity index (χ3v) is 6.18. The van der Waals surface area contributed by atoms with Crippen LogP contribution in [0.2, 0.25) is 0 Å². The molecule has 0 bridgehead atoms. The number of hydrogen-bond donors (Lipinski definition) is 3. The molecule has 0 radical (unpaired) electrons. The summed E-state index contributed by atoms with van der Waals surface area (Å²) < 4.78 is 13.0. The van der Waals surface area contributed by atoms with Gasteiger partial charge in [0.25, 0.3) is 5.91 Å². The first-order valence-electron chi connectivity index (χ1n) is 10.7. The molecule has 1 spiro atoms. The molecule has 8 nitrogen and oxygen atoms in total. The fourth-order valence-corrected chi connectivity index (χ4v) is 3.98. The van der Waals surface area contributed by atoms with Crippen molar-refractivity contribution in [3.8, 4) is 0 Å². The number of fused-ring (bicyclic) bond motifs is 1. The van der Waals surface area contributed by atoms with Gasteiger partial charge in [0.2, 0.25) is 11.9 Å². The van der Waals surface area contributed by atoms with E-state index in [1.54, 1.807) is 12.1 Å². The molecular formula is C24H23FN6O2. The van der Waals surface area contributed by atoms with E-state index in [9.17, 15) is 14.0 Å². The first-order valence-corrected chi connectivity index (χ1v) is 10.7. The van der Waals surface area contributed by atoms with Crippen molar-refractivity contribution in [1.29, 1.82) is 0 Å². The maximum Gasteiger partial charge on any atom is 0.255 e. The van der Waals surface area contributed by atoms with Crippen LogP contribution in [0, 0.1) is 12.7 Å². The minimum Gasteiger partial charge on any atom is -0.350 e. The van der Waals surface area contributed by atoms with Crippen molar-refractivity contribution >= 4 is 35.0 Å². The summed E-state index contributed by atoms with van der Waals surface area (Å²) >= 11 is 0. The van der Waals surface area contributed by atoms with Crippen molar-refractivity contribution in [3.05, 3.63) is 71.2 Å². The predicted octanol–water partition coefficient (Wildman–Crippen LogP) is 3.71. The summed E-state index contributed by atoms with van der Waals surface area (Å²) in [6.45, 7) is 2.34. The number of carbonyl (C=O) groups is 2. The number of nitrogens with zero attached hydrogens (tertiary/aromatic N) is 3. The molecule has 0 atom stereocenters. The highest BCUT2D eigenvalue weighted by Crippen LogP contribution is 2.49. The Morgan fingerprint density at radius 3 is 2.48 bits per heavy atom. The standard InChI is InChI=1S/C24H23FN6O2/c1-14-19-20(31(2)24(11-12-24)22(33)29-19)30-23(27-14)26-13-15-3-9-18(10-4-15)28-21(32)16-5-7-17(25)8-6-16/h3-10H,11-13H2,1-2H3,(H,28,32)(H,29,33)(H,26,27,30). The lowest BCUT2D eigenvalue weighted by Gasteiger charge is -2.35. The van der Waals surface area contributed by atoms with Crippen molar-refractivity contribution in [2.45, 2.75) is 31.8 Å². The number of aromatic nitrogens is 2. The van der Waals surface area contributed by atoms with Gasteiger partial charge < -0.3 is 20.9 Å². The largest absolute Gasteiger partial charge is 0.350 e. The van der Waals surface area contributed by atoms with Crippen LogP contribution in [0.1, 0.15) is 34.5 Å². The number of hydrogen-bond acceptors (Lipinski definition) is 6. The molecule has 2 aromatic carbocycles. The first kappa shape index (κ1) is 20.9. The molecule has 2 aliphatic rings. The van der Waals surface area contributed by atoms with Crippen LogP contribution in [0.15, 0.2) is 48.5 Å². The molecule has 5 rings (SSSR count). The van der Waals surface area contributed by atoms with Gasteiger partial charge in [-0.1, -0.05) is 12.1 Å². The smallest absolute Gasteiger partial charge is 0.255 e. The van der Waals surface area contributed by atoms with Crippen molar-refractivity contribution in [3.63, 3.8) is 0 Å². The van der Waals surface area contributed by atoms with Gasteiger partial charge in [0.15, 0.2) is 5.82 Å². The van der Waals surface area contributed by atoms with Crippen LogP contribution in [0.3, 0.4) is 0 Å². The van der Waals surface area contributed by atoms with Crippen LogP contribution in [-0.4, -0.2) is 34.4 Å². The third-order valence-electron chi connectivity index (χ3n) is 6.18. The molecule has 168 valence electrons. The number of nitrogens with one attached hydrogen (secondary N) is 3. The van der Waals surface area contributed by atoms with Crippen LogP contribution in [-0.2, 0) is 11.3 Å². The van der Waals surface area contributed by atoms with E-state index < -0.39 is 5.54 Å². The second-order valence-electron chi connectivity index (χ2n) is 8.39. The van der Waals surface area contributed by atoms with Gasteiger partial charge in [-0.3, -0.25) is 9.59 Å². The molecule has 9 heteroatoms. The SMILES string of the molecule is Cc1nc(NCc2ccc(NC(=O)c3ccc(F)cc3)cc2)nc2c1NC(=O)C1(CC1)N2C. The van der Waals surface area contributed by atoms with E-state index in [2.05, 4.69) is 25.9 Å². The fraction of sp³-hybridized carbons (Fsp3) is 0.250. The molecule has 0 unspecified atom stereocenters. The molecule has 1 aromatic heterocycles. The van der Waals surface area contributed by atoms with E-state index in [1.165, 1.54) is 24.3 Å². The Bertz CT molecular complexity index is 1240. The summed E-state index contributed by atoms with van der Waals surface area (Å²) in [7, 11) is 1.90. The molecular weight excluding hydrogens is 423 g/mol. The molecule has 0 saturated heterocycles. The molecule has 1 aliphatic carbocycles. The molecule has 3 N–H and O–H groups in total. The topological polar surface area (TPSA) is 99.2 Å². The minimum atomic E-state index is -0.473. The Labute approximate surface area is 190 Å². The minimum absolute atomic E-state index is 0.0107. The van der Waals surface area contributed by atoms with Crippen LogP contribution >= 0.6 is 0 Å². The van der Waals surface area contributed by atoms with Gasteiger partial charge in [-0.05, 0) is 61.7 Å². The van der Waals surface area contributed by atoms with E-state index in [-0.39, 0.29) is 17.6 Å². The van der Waals surface area contributed by atoms with Gasteiger partial charge in [0.05, 0.1) is 5.69 Å². The molecule has 33 heavy (non-hydrogen) atoms. The Morgan fingerprint density at radius 2 is 1.82 bits per heavy atom. The maximum absolute atomic E-state index is 13.0. The highest BCUT2D eigenvalue weighted by molar-refractivity contribution is 6.08. The zero-order valence-electron chi connectivity index (χ0n) is 18.3. The van der Waals surface area contributed by atoms with Crippen molar-refractivity contribution < 1.29 is 14.0 Å². The fourth-order valence-electron chi connectivity index (χ4n) is 3.98. The number of aryl methyl sites for hydroxylation is 1. The summed E-state index contributed by atoms with van der Waals surface area (Å²) in [5, 5.41) is 9.00. The Hall–Kier alpha value is -4.01. The number of rotatable bonds is 5. The Balaban J connectivity index is 1.24. The number of carbonyl (C=O) groups excluding carboxylic acids is 2. The van der Waals surface area contributed by atoms with Gasteiger partial charge in [-0.2, -0.15) is 4.98 Å². The molecule has 1 fully saturated rings. The molecule has 3 aromatic rings. The second-order valence-corrected chi connectivity index (χ2v) is 8.39. The second kappa shape index (κ2) is 7.84. The molecule has 1 aliphatic heterocycles. The summed E-state index contributed by atoms with van der Waals surface area (Å²) in [6.07, 6.45) is 1.65. The van der Waals surface area contributed by atoms with Gasteiger partial charge in [0, 0.05) is 24.8 Å². The first-order chi connectivity index (χ1) is 15.9. The van der Waals surface area contributed by atoms with Crippen LogP contribution in [0.4, 0.5) is 27.5 Å². The van der Waals surface area contributed by atoms with Crippen LogP contribution in [0.25, 0.3) is 0 Å². The Kier molecular flexibility index (Phi) is 4.96. The van der Waals surface area contributed by atoms with Crippen molar-refractivity contribution in [2.75, 3.05) is 27.9 Å². The molecule has 2 amide bonds. The quantitative estimate of drug-likeness (QED) is 0.553. The zero-order chi connectivity index (χ0) is 23.2. The number of likely N-dealkylation sites (N-methyl/N-ethyl adjacent to an activating group) is 1. The average Bonchev–Trinajstić information content (AvgIpc) is 3.61. The van der Waals surface area contributed by atoms with E-state index in [0.29, 0.717) is 35.1 Å². The van der Waals surface area contributed by atoms with E-state index in [1.807, 2.05) is 31.0 Å². The highest BCUT2D eigenvalue weighted by Gasteiger charge is 2.57. The summed E-state index contributed by atoms with van der Waals surface area (Å²) in [4.78, 5) is 35.8. The van der Waals surface area contributed by atoms with Crippen LogP contribution < -0.4 is 20.9 Å². The lowest BCUT2D eigenvalue weighted by atomic mass is 10.1. The number of halogens is 1. The van der Waals surface area contributed by atoms with Gasteiger partial charge in [-0.25, -0.2) is 9.37 Å². The number of benzene rings is 2. The average molecular weight is 446 g/mol. The van der Waals surface area contributed by atoms with Gasteiger partial charge in [-0.15, -0.1) is 0 Å². The zero-order valence-corrected chi connectivity index (χ0v) is 18.3. The Morgan fingerprint density at radius 1 is 1.12 bits per heavy atom. The summed E-state index contributed by atoms with van der Waals surface area (Å²) in [5.41, 5.74) is 2.90. The van der Waals surface area contributed by atoms with Crippen molar-refractivity contribution in [2.24, 2.45) is 0 Å². The third kappa shape index (κ3) is 3.86. The van der Waals surface area contributed by atoms with E-state index in [4.69, 9.17) is 0 Å². The lowest BCUT2D eigenvalue weighted by molar-refractivity contribution is -0.118. The predicted molar refractivity (Wildman–Crippen MR) is 124 cm³/mol. The van der Waals surface area contributed by atoms with E-state index >= 15 is 0 Å². The number of amides is 2. The van der Waals surface area contributed by atoms with Crippen molar-refractivity contribution in [1.82, 2.24) is 9.97 Å². The highest BCUT2D eigenvalue weighted by atomic mass is 19.1. The van der Waals surface area contributed by atoms with Gasteiger partial charge >= 0.3 is 0 Å². The maximum atomic E-state index is 13.0. The van der Waals surface area contributed by atoms with Gasteiger partial charge in [0.1, 0.15) is 17.0 Å². The van der Waals surface area contributed by atoms with Crippen LogP contribution in [0.5, 0.6) is 0 Å².